The summed E-state index contributed by atoms with van der Waals surface area (Å²) < 4.78 is 27.6. The Morgan fingerprint density at radius 2 is 1.73 bits per heavy atom. The standard InChI is InChI=1S/C42H45ClFN9O6/c43-31-19-28(4-1-25(31)22-45)58-27-5-2-26(3-6-27)46-39(55)33-7-9-36(49-48-33)52-13-11-24(12-14-52)23-50-15-17-51(18-16-50)35-21-29-30(20-32(35)44)41(57)53(42-38(29)59-42)34-8-10-37(54)47-40(34)56/h1,4,7,9,19-21,24,26-27,34,38,42H,2-3,5-6,8,10-18,23H2,(H,46,55)(H,47,54,56). The predicted octanol–water partition coefficient (Wildman–Crippen LogP) is 3.96. The van der Waals surface area contributed by atoms with Crippen molar-refractivity contribution < 1.29 is 33.0 Å². The zero-order chi connectivity index (χ0) is 40.8. The number of piperazine rings is 1. The van der Waals surface area contributed by atoms with E-state index in [9.17, 15) is 19.2 Å². The summed E-state index contributed by atoms with van der Waals surface area (Å²) in [4.78, 5) is 58.7. The van der Waals surface area contributed by atoms with Gasteiger partial charge in [0.25, 0.3) is 11.8 Å². The van der Waals surface area contributed by atoms with E-state index < -0.39 is 36.0 Å². The van der Waals surface area contributed by atoms with Gasteiger partial charge in [-0.15, -0.1) is 10.2 Å². The summed E-state index contributed by atoms with van der Waals surface area (Å²) in [7, 11) is 0. The van der Waals surface area contributed by atoms with Crippen molar-refractivity contribution in [2.75, 3.05) is 55.6 Å². The molecule has 5 aliphatic heterocycles. The molecule has 0 bridgehead atoms. The third kappa shape index (κ3) is 8.15. The van der Waals surface area contributed by atoms with Gasteiger partial charge in [-0.1, -0.05) is 11.6 Å². The van der Waals surface area contributed by atoms with E-state index in [0.29, 0.717) is 52.3 Å². The molecule has 9 rings (SSSR count). The number of rotatable bonds is 9. The number of fused-ring (bicyclic) bond motifs is 3. The van der Waals surface area contributed by atoms with Crippen molar-refractivity contribution >= 4 is 46.7 Å². The number of imide groups is 1. The quantitative estimate of drug-likeness (QED) is 0.235. The highest BCUT2D eigenvalue weighted by atomic mass is 35.5. The normalized spacial score (nSPS) is 26.1. The van der Waals surface area contributed by atoms with Crippen molar-refractivity contribution in [3.05, 3.63) is 75.7 Å². The molecule has 59 heavy (non-hydrogen) atoms. The van der Waals surface area contributed by atoms with Gasteiger partial charge in [0.05, 0.1) is 22.4 Å². The Bertz CT molecular complexity index is 2180. The van der Waals surface area contributed by atoms with E-state index in [-0.39, 0.29) is 42.4 Å². The van der Waals surface area contributed by atoms with Gasteiger partial charge in [-0.05, 0) is 87.3 Å². The molecule has 0 radical (unpaired) electrons. The number of halogens is 2. The van der Waals surface area contributed by atoms with E-state index in [4.69, 9.17) is 26.3 Å². The molecule has 3 unspecified atom stereocenters. The lowest BCUT2D eigenvalue weighted by Crippen LogP contribution is -2.56. The summed E-state index contributed by atoms with van der Waals surface area (Å²) in [5.74, 6) is -0.146. The van der Waals surface area contributed by atoms with Gasteiger partial charge in [0.2, 0.25) is 11.8 Å². The summed E-state index contributed by atoms with van der Waals surface area (Å²) >= 11 is 6.15. The van der Waals surface area contributed by atoms with Gasteiger partial charge >= 0.3 is 0 Å². The minimum Gasteiger partial charge on any atom is -0.490 e. The van der Waals surface area contributed by atoms with E-state index in [1.54, 1.807) is 30.3 Å². The molecule has 2 N–H and O–H groups in total. The Balaban J connectivity index is 0.707. The second kappa shape index (κ2) is 16.4. The van der Waals surface area contributed by atoms with E-state index >= 15 is 4.39 Å². The van der Waals surface area contributed by atoms with Gasteiger partial charge in [-0.25, -0.2) is 4.39 Å². The molecule has 3 aromatic rings. The first-order chi connectivity index (χ1) is 28.6. The third-order valence-electron chi connectivity index (χ3n) is 12.6. The van der Waals surface area contributed by atoms with Crippen molar-refractivity contribution in [3.63, 3.8) is 0 Å². The number of epoxide rings is 1. The average Bonchev–Trinajstić information content (AvgIpc) is 4.04. The maximum Gasteiger partial charge on any atom is 0.272 e. The van der Waals surface area contributed by atoms with Gasteiger partial charge in [-0.2, -0.15) is 5.26 Å². The zero-order valence-corrected chi connectivity index (χ0v) is 33.2. The fraction of sp³-hybridized carbons (Fsp3) is 0.500. The predicted molar refractivity (Wildman–Crippen MR) is 212 cm³/mol. The van der Waals surface area contributed by atoms with Crippen LogP contribution in [0.15, 0.2) is 42.5 Å². The number of nitriles is 1. The lowest BCUT2D eigenvalue weighted by atomic mass is 9.92. The van der Waals surface area contributed by atoms with Gasteiger partial charge < -0.3 is 24.6 Å². The second-order valence-corrected chi connectivity index (χ2v) is 16.7. The van der Waals surface area contributed by atoms with E-state index in [0.717, 1.165) is 77.1 Å². The molecule has 1 aliphatic carbocycles. The molecule has 6 heterocycles. The lowest BCUT2D eigenvalue weighted by Gasteiger charge is -2.40. The molecular weight excluding hydrogens is 781 g/mol. The number of ether oxygens (including phenoxy) is 2. The highest BCUT2D eigenvalue weighted by molar-refractivity contribution is 6.31. The van der Waals surface area contributed by atoms with Crippen molar-refractivity contribution in [1.82, 2.24) is 30.6 Å². The third-order valence-corrected chi connectivity index (χ3v) is 12.9. The van der Waals surface area contributed by atoms with E-state index in [2.05, 4.69) is 30.6 Å². The topological polar surface area (TPSA) is 177 Å². The Kier molecular flexibility index (Phi) is 10.8. The number of amides is 4. The number of carbonyl (C=O) groups is 4. The van der Waals surface area contributed by atoms with Crippen LogP contribution in [0.25, 0.3) is 0 Å². The van der Waals surface area contributed by atoms with Crippen molar-refractivity contribution in [2.45, 2.75) is 81.9 Å². The summed E-state index contributed by atoms with van der Waals surface area (Å²) in [6, 6.07) is 13.0. The van der Waals surface area contributed by atoms with Crippen LogP contribution in [-0.2, 0) is 14.3 Å². The number of anilines is 2. The molecule has 4 saturated heterocycles. The molecule has 308 valence electrons. The highest BCUT2D eigenvalue weighted by Gasteiger charge is 2.56. The van der Waals surface area contributed by atoms with Crippen LogP contribution in [-0.4, -0.2) is 114 Å². The van der Waals surface area contributed by atoms with Crippen LogP contribution >= 0.6 is 11.6 Å². The summed E-state index contributed by atoms with van der Waals surface area (Å²) in [5.41, 5.74) is 2.01. The number of piperidine rings is 2. The number of hydrogen-bond acceptors (Lipinski definition) is 12. The Hall–Kier alpha value is -5.37. The maximum atomic E-state index is 15.6. The number of hydrogen-bond donors (Lipinski definition) is 2. The first kappa shape index (κ1) is 39.1. The average molecular weight is 826 g/mol. The van der Waals surface area contributed by atoms with Crippen LogP contribution in [0, 0.1) is 23.1 Å². The molecule has 2 aromatic carbocycles. The molecule has 17 heteroatoms. The number of nitrogens with one attached hydrogen (secondary N) is 2. The molecule has 5 fully saturated rings. The van der Waals surface area contributed by atoms with Crippen molar-refractivity contribution in [2.24, 2.45) is 5.92 Å². The van der Waals surface area contributed by atoms with Crippen LogP contribution in [0.4, 0.5) is 15.9 Å². The maximum absolute atomic E-state index is 15.6. The Morgan fingerprint density at radius 3 is 2.42 bits per heavy atom. The van der Waals surface area contributed by atoms with Gasteiger partial charge in [-0.3, -0.25) is 34.3 Å². The molecule has 1 aromatic heterocycles. The molecule has 15 nitrogen and oxygen atoms in total. The first-order valence-corrected chi connectivity index (χ1v) is 20.9. The fourth-order valence-corrected chi connectivity index (χ4v) is 9.45. The monoisotopic (exact) mass is 825 g/mol. The van der Waals surface area contributed by atoms with Gasteiger partial charge in [0, 0.05) is 75.5 Å². The number of benzene rings is 2. The van der Waals surface area contributed by atoms with Crippen LogP contribution < -0.4 is 25.2 Å². The van der Waals surface area contributed by atoms with E-state index in [1.165, 1.54) is 11.0 Å². The van der Waals surface area contributed by atoms with Gasteiger partial charge in [0.15, 0.2) is 17.7 Å². The number of aromatic nitrogens is 2. The lowest BCUT2D eigenvalue weighted by molar-refractivity contribution is -0.137. The number of nitrogens with zero attached hydrogens (tertiary/aromatic N) is 7. The molecule has 1 saturated carbocycles. The number of carbonyl (C=O) groups excluding carboxylic acids is 4. The molecular formula is C42H45ClFN9O6. The molecule has 6 aliphatic rings. The van der Waals surface area contributed by atoms with Crippen LogP contribution in [0.2, 0.25) is 5.02 Å². The minimum atomic E-state index is -0.818. The largest absolute Gasteiger partial charge is 0.490 e. The van der Waals surface area contributed by atoms with Crippen LogP contribution in [0.5, 0.6) is 5.75 Å². The van der Waals surface area contributed by atoms with Crippen molar-refractivity contribution in [1.29, 1.82) is 5.26 Å². The van der Waals surface area contributed by atoms with Crippen molar-refractivity contribution in [3.8, 4) is 11.8 Å². The van der Waals surface area contributed by atoms with Crippen LogP contribution in [0.1, 0.15) is 89.4 Å². The molecule has 4 amide bonds. The molecule has 0 spiro atoms. The smallest absolute Gasteiger partial charge is 0.272 e. The van der Waals surface area contributed by atoms with E-state index in [1.807, 2.05) is 17.0 Å². The first-order valence-electron chi connectivity index (χ1n) is 20.5. The minimum absolute atomic E-state index is 0.0133. The van der Waals surface area contributed by atoms with Crippen LogP contribution in [0.3, 0.4) is 0 Å². The zero-order valence-electron chi connectivity index (χ0n) is 32.4. The second-order valence-electron chi connectivity index (χ2n) is 16.3. The summed E-state index contributed by atoms with van der Waals surface area (Å²) in [6.45, 7) is 5.53. The summed E-state index contributed by atoms with van der Waals surface area (Å²) in [5, 5.41) is 23.5. The SMILES string of the molecule is N#Cc1ccc(OC2CCC(NC(=O)c3ccc(N4CCC(CN5CCN(c6cc7c(cc6F)C(=O)N(C6CCC(=O)NC6=O)C6OC76)CC5)CC4)nn3)CC2)cc1Cl. The molecule has 3 atom stereocenters. The Labute approximate surface area is 345 Å². The fourth-order valence-electron chi connectivity index (χ4n) is 9.24. The highest BCUT2D eigenvalue weighted by Crippen LogP contribution is 2.49. The summed E-state index contributed by atoms with van der Waals surface area (Å²) in [6.07, 6.45) is 4.48. The van der Waals surface area contributed by atoms with Gasteiger partial charge in [0.1, 0.15) is 29.8 Å². The Morgan fingerprint density at radius 1 is 0.949 bits per heavy atom.